The summed E-state index contributed by atoms with van der Waals surface area (Å²) in [7, 11) is 1.94. The van der Waals surface area contributed by atoms with Gasteiger partial charge in [0.25, 0.3) is 0 Å². The molecule has 7 nitrogen and oxygen atoms in total. The van der Waals surface area contributed by atoms with Gasteiger partial charge in [-0.3, -0.25) is 15.0 Å². The standard InChI is InChI=1S/C12H21N5O2/c1-9-15-16-12(19-9)14-11(18)8-17-6-4-3-5-10(17)7-13-2/h10,13H,3-8H2,1-2H3,(H,14,16,18). The Hall–Kier alpha value is -1.47. The van der Waals surface area contributed by atoms with Crippen LogP contribution in [0.3, 0.4) is 0 Å². The summed E-state index contributed by atoms with van der Waals surface area (Å²) in [4.78, 5) is 14.1. The van der Waals surface area contributed by atoms with Crippen LogP contribution < -0.4 is 10.6 Å². The van der Waals surface area contributed by atoms with Crippen LogP contribution in [0.25, 0.3) is 0 Å². The van der Waals surface area contributed by atoms with Crippen molar-refractivity contribution in [3.8, 4) is 0 Å². The van der Waals surface area contributed by atoms with Crippen LogP contribution in [0.2, 0.25) is 0 Å². The highest BCUT2D eigenvalue weighted by Gasteiger charge is 2.24. The maximum atomic E-state index is 11.9. The van der Waals surface area contributed by atoms with E-state index in [-0.39, 0.29) is 11.9 Å². The zero-order chi connectivity index (χ0) is 13.7. The molecule has 1 aliphatic rings. The Kier molecular flexibility index (Phi) is 4.86. The molecule has 1 amide bonds. The lowest BCUT2D eigenvalue weighted by Gasteiger charge is -2.34. The van der Waals surface area contributed by atoms with Crippen molar-refractivity contribution in [1.29, 1.82) is 0 Å². The predicted octanol–water partition coefficient (Wildman–Crippen LogP) is 0.390. The van der Waals surface area contributed by atoms with Crippen LogP contribution in [0, 0.1) is 6.92 Å². The smallest absolute Gasteiger partial charge is 0.322 e. The number of aryl methyl sites for hydroxylation is 1. The Morgan fingerprint density at radius 2 is 2.32 bits per heavy atom. The molecule has 0 aliphatic carbocycles. The third-order valence-electron chi connectivity index (χ3n) is 3.31. The Morgan fingerprint density at radius 1 is 1.47 bits per heavy atom. The van der Waals surface area contributed by atoms with Gasteiger partial charge in [-0.15, -0.1) is 5.10 Å². The molecule has 19 heavy (non-hydrogen) atoms. The van der Waals surface area contributed by atoms with E-state index in [0.29, 0.717) is 18.5 Å². The lowest BCUT2D eigenvalue weighted by Crippen LogP contribution is -2.47. The van der Waals surface area contributed by atoms with Crippen LogP contribution in [0.5, 0.6) is 0 Å². The first-order valence-corrected chi connectivity index (χ1v) is 6.67. The van der Waals surface area contributed by atoms with Crippen LogP contribution in [-0.2, 0) is 4.79 Å². The summed E-state index contributed by atoms with van der Waals surface area (Å²) < 4.78 is 5.13. The second-order valence-electron chi connectivity index (χ2n) is 4.85. The molecule has 2 heterocycles. The Balaban J connectivity index is 1.86. The van der Waals surface area contributed by atoms with E-state index >= 15 is 0 Å². The van der Waals surface area contributed by atoms with Crippen LogP contribution in [0.15, 0.2) is 4.42 Å². The number of anilines is 1. The monoisotopic (exact) mass is 267 g/mol. The lowest BCUT2D eigenvalue weighted by atomic mass is 10.0. The van der Waals surface area contributed by atoms with Crippen molar-refractivity contribution >= 4 is 11.9 Å². The van der Waals surface area contributed by atoms with Gasteiger partial charge < -0.3 is 9.73 Å². The van der Waals surface area contributed by atoms with Crippen LogP contribution in [0.1, 0.15) is 25.2 Å². The van der Waals surface area contributed by atoms with Gasteiger partial charge in [0.15, 0.2) is 0 Å². The number of nitrogens with one attached hydrogen (secondary N) is 2. The van der Waals surface area contributed by atoms with Gasteiger partial charge >= 0.3 is 6.01 Å². The molecular weight excluding hydrogens is 246 g/mol. The van der Waals surface area contributed by atoms with Gasteiger partial charge in [0, 0.05) is 19.5 Å². The first-order chi connectivity index (χ1) is 9.19. The van der Waals surface area contributed by atoms with Crippen LogP contribution in [0.4, 0.5) is 6.01 Å². The number of aromatic nitrogens is 2. The minimum Gasteiger partial charge on any atom is -0.408 e. The Labute approximate surface area is 112 Å². The van der Waals surface area contributed by atoms with Gasteiger partial charge in [0.05, 0.1) is 6.54 Å². The largest absolute Gasteiger partial charge is 0.408 e. The fraction of sp³-hybridized carbons (Fsp3) is 0.750. The minimum absolute atomic E-state index is 0.105. The van der Waals surface area contributed by atoms with E-state index in [1.165, 1.54) is 6.42 Å². The topological polar surface area (TPSA) is 83.3 Å². The van der Waals surface area contributed by atoms with Crippen molar-refractivity contribution in [3.63, 3.8) is 0 Å². The van der Waals surface area contributed by atoms with Crippen LogP contribution in [-0.4, -0.2) is 53.7 Å². The zero-order valence-electron chi connectivity index (χ0n) is 11.5. The van der Waals surface area contributed by atoms with E-state index in [2.05, 4.69) is 25.7 Å². The average Bonchev–Trinajstić information content (AvgIpc) is 2.77. The van der Waals surface area contributed by atoms with E-state index in [4.69, 9.17) is 4.42 Å². The summed E-state index contributed by atoms with van der Waals surface area (Å²) in [5, 5.41) is 13.2. The zero-order valence-corrected chi connectivity index (χ0v) is 11.5. The molecule has 1 fully saturated rings. The minimum atomic E-state index is -0.105. The molecule has 0 saturated carbocycles. The van der Waals surface area contributed by atoms with Gasteiger partial charge in [0.1, 0.15) is 0 Å². The highest BCUT2D eigenvalue weighted by atomic mass is 16.4. The molecular formula is C12H21N5O2. The second-order valence-corrected chi connectivity index (χ2v) is 4.85. The molecule has 0 radical (unpaired) electrons. The molecule has 0 aromatic carbocycles. The molecule has 1 aromatic rings. The number of piperidine rings is 1. The summed E-state index contributed by atoms with van der Waals surface area (Å²) in [6, 6.07) is 0.596. The number of hydrogen-bond donors (Lipinski definition) is 2. The third kappa shape index (κ3) is 4.00. The SMILES string of the molecule is CNCC1CCCCN1CC(=O)Nc1nnc(C)o1. The lowest BCUT2D eigenvalue weighted by molar-refractivity contribution is -0.118. The number of nitrogens with zero attached hydrogens (tertiary/aromatic N) is 3. The normalized spacial score (nSPS) is 20.4. The van der Waals surface area contributed by atoms with E-state index in [1.807, 2.05) is 7.05 Å². The molecule has 1 unspecified atom stereocenters. The summed E-state index contributed by atoms with van der Waals surface area (Å²) >= 11 is 0. The summed E-state index contributed by atoms with van der Waals surface area (Å²) in [5.74, 6) is 0.341. The maximum Gasteiger partial charge on any atom is 0.322 e. The summed E-state index contributed by atoms with van der Waals surface area (Å²) in [5.41, 5.74) is 0. The van der Waals surface area contributed by atoms with E-state index in [1.54, 1.807) is 6.92 Å². The van der Waals surface area contributed by atoms with Crippen LogP contribution >= 0.6 is 0 Å². The average molecular weight is 267 g/mol. The highest BCUT2D eigenvalue weighted by Crippen LogP contribution is 2.16. The number of hydrogen-bond acceptors (Lipinski definition) is 6. The van der Waals surface area contributed by atoms with Crippen molar-refractivity contribution in [1.82, 2.24) is 20.4 Å². The van der Waals surface area contributed by atoms with E-state index in [9.17, 15) is 4.79 Å². The fourth-order valence-electron chi connectivity index (χ4n) is 2.43. The molecule has 2 N–H and O–H groups in total. The molecule has 1 aromatic heterocycles. The maximum absolute atomic E-state index is 11.9. The number of carbonyl (C=O) groups excluding carboxylic acids is 1. The van der Waals surface area contributed by atoms with E-state index in [0.717, 1.165) is 25.9 Å². The fourth-order valence-corrected chi connectivity index (χ4v) is 2.43. The van der Waals surface area contributed by atoms with Crippen molar-refractivity contribution in [3.05, 3.63) is 5.89 Å². The van der Waals surface area contributed by atoms with Gasteiger partial charge in [-0.25, -0.2) is 0 Å². The van der Waals surface area contributed by atoms with Crippen molar-refractivity contribution in [2.24, 2.45) is 0 Å². The Bertz CT molecular complexity index is 418. The number of likely N-dealkylation sites (tertiary alicyclic amines) is 1. The molecule has 0 spiro atoms. The molecule has 2 rings (SSSR count). The van der Waals surface area contributed by atoms with Gasteiger partial charge in [-0.2, -0.15) is 0 Å². The van der Waals surface area contributed by atoms with Crippen molar-refractivity contribution in [2.45, 2.75) is 32.2 Å². The third-order valence-corrected chi connectivity index (χ3v) is 3.31. The summed E-state index contributed by atoms with van der Waals surface area (Å²) in [6.07, 6.45) is 3.51. The molecule has 1 atom stereocenters. The molecule has 0 bridgehead atoms. The number of amides is 1. The molecule has 1 aliphatic heterocycles. The first-order valence-electron chi connectivity index (χ1n) is 6.67. The van der Waals surface area contributed by atoms with Gasteiger partial charge in [-0.1, -0.05) is 11.5 Å². The van der Waals surface area contributed by atoms with Gasteiger partial charge in [-0.05, 0) is 26.4 Å². The van der Waals surface area contributed by atoms with Crippen molar-refractivity contribution < 1.29 is 9.21 Å². The number of carbonyl (C=O) groups is 1. The molecule has 106 valence electrons. The van der Waals surface area contributed by atoms with E-state index < -0.39 is 0 Å². The summed E-state index contributed by atoms with van der Waals surface area (Å²) in [6.45, 7) is 3.93. The number of rotatable bonds is 5. The number of likely N-dealkylation sites (N-methyl/N-ethyl adjacent to an activating group) is 1. The molecule has 1 saturated heterocycles. The second kappa shape index (κ2) is 6.63. The van der Waals surface area contributed by atoms with Gasteiger partial charge in [0.2, 0.25) is 11.8 Å². The Morgan fingerprint density at radius 3 is 3.00 bits per heavy atom. The highest BCUT2D eigenvalue weighted by molar-refractivity contribution is 5.90. The predicted molar refractivity (Wildman–Crippen MR) is 70.8 cm³/mol. The van der Waals surface area contributed by atoms with Crippen molar-refractivity contribution in [2.75, 3.05) is 32.0 Å². The first kappa shape index (κ1) is 14.0. The quantitative estimate of drug-likeness (QED) is 0.803. The molecule has 7 heteroatoms.